The van der Waals surface area contributed by atoms with Gasteiger partial charge in [-0.3, -0.25) is 9.59 Å². The van der Waals surface area contributed by atoms with Gasteiger partial charge in [-0.15, -0.1) is 0 Å². The molecule has 0 bridgehead atoms. The van der Waals surface area contributed by atoms with Gasteiger partial charge in [0, 0.05) is 26.1 Å². The van der Waals surface area contributed by atoms with E-state index in [-0.39, 0.29) is 24.9 Å². The number of nitrogens with one attached hydrogen (secondary N) is 1. The molecule has 0 unspecified atom stereocenters. The van der Waals surface area contributed by atoms with Crippen molar-refractivity contribution < 1.29 is 19.1 Å². The van der Waals surface area contributed by atoms with Crippen LogP contribution in [0.2, 0.25) is 0 Å². The zero-order valence-corrected chi connectivity index (χ0v) is 14.3. The number of hydrogen-bond donors (Lipinski definition) is 2. The Morgan fingerprint density at radius 2 is 1.88 bits per heavy atom. The molecule has 0 fully saturated rings. The van der Waals surface area contributed by atoms with Gasteiger partial charge in [-0.05, 0) is 30.4 Å². The van der Waals surface area contributed by atoms with E-state index < -0.39 is 6.03 Å². The minimum Gasteiger partial charge on any atom is -0.456 e. The van der Waals surface area contributed by atoms with E-state index in [2.05, 4.69) is 11.4 Å². The van der Waals surface area contributed by atoms with Crippen molar-refractivity contribution >= 4 is 17.9 Å². The molecule has 25 heavy (non-hydrogen) atoms. The molecule has 7 heteroatoms. The Bertz CT molecular complexity index is 618. The third-order valence-electron chi connectivity index (χ3n) is 4.20. The predicted molar refractivity (Wildman–Crippen MR) is 92.6 cm³/mol. The number of carbonyl (C=O) groups is 3. The molecule has 0 atom stereocenters. The molecule has 0 aromatic heterocycles. The highest BCUT2D eigenvalue weighted by atomic mass is 16.5. The van der Waals surface area contributed by atoms with Crippen molar-refractivity contribution in [1.29, 1.82) is 0 Å². The summed E-state index contributed by atoms with van der Waals surface area (Å²) >= 11 is 0. The van der Waals surface area contributed by atoms with E-state index in [1.807, 2.05) is 18.2 Å². The van der Waals surface area contributed by atoms with Crippen molar-refractivity contribution in [2.75, 3.05) is 19.7 Å². The maximum atomic E-state index is 12.2. The van der Waals surface area contributed by atoms with Gasteiger partial charge in [-0.25, -0.2) is 4.79 Å². The zero-order chi connectivity index (χ0) is 18.1. The van der Waals surface area contributed by atoms with E-state index in [1.165, 1.54) is 5.56 Å². The predicted octanol–water partition coefficient (Wildman–Crippen LogP) is 1.34. The Labute approximate surface area is 147 Å². The van der Waals surface area contributed by atoms with Crippen LogP contribution in [0.4, 0.5) is 4.79 Å². The lowest BCUT2D eigenvalue weighted by Gasteiger charge is -2.28. The number of carbonyl (C=O) groups excluding carboxylic acids is 3. The number of benzene rings is 1. The highest BCUT2D eigenvalue weighted by molar-refractivity contribution is 5.80. The molecule has 0 saturated carbocycles. The number of ether oxygens (including phenoxy) is 1. The zero-order valence-electron chi connectivity index (χ0n) is 14.3. The molecular formula is C18H25N3O4. The van der Waals surface area contributed by atoms with E-state index in [4.69, 9.17) is 10.5 Å². The Morgan fingerprint density at radius 3 is 2.64 bits per heavy atom. The first kappa shape index (κ1) is 18.8. The molecule has 0 radical (unpaired) electrons. The Hall–Kier alpha value is -2.57. The molecule has 7 nitrogen and oxygen atoms in total. The van der Waals surface area contributed by atoms with Crippen LogP contribution in [0.3, 0.4) is 0 Å². The monoisotopic (exact) mass is 347 g/mol. The topological polar surface area (TPSA) is 102 Å². The summed E-state index contributed by atoms with van der Waals surface area (Å²) in [6.07, 6.45) is 3.29. The van der Waals surface area contributed by atoms with Gasteiger partial charge in [-0.1, -0.05) is 30.7 Å². The van der Waals surface area contributed by atoms with Crippen molar-refractivity contribution in [2.45, 2.75) is 38.6 Å². The van der Waals surface area contributed by atoms with Crippen molar-refractivity contribution in [1.82, 2.24) is 10.2 Å². The summed E-state index contributed by atoms with van der Waals surface area (Å²) in [5.41, 5.74) is 7.37. The van der Waals surface area contributed by atoms with Gasteiger partial charge in [0.2, 0.25) is 0 Å². The SMILES string of the molecule is NC(=O)NCCCCCC(=O)OCC(=O)N1CCc2ccccc2C1. The van der Waals surface area contributed by atoms with Crippen LogP contribution in [0.1, 0.15) is 36.8 Å². The molecule has 1 aliphatic rings. The van der Waals surface area contributed by atoms with Crippen LogP contribution in [-0.2, 0) is 27.3 Å². The summed E-state index contributed by atoms with van der Waals surface area (Å²) in [5, 5.41) is 2.49. The molecule has 3 amide bonds. The van der Waals surface area contributed by atoms with Gasteiger partial charge < -0.3 is 20.7 Å². The third kappa shape index (κ3) is 6.45. The second-order valence-corrected chi connectivity index (χ2v) is 6.10. The molecule has 2 rings (SSSR count). The van der Waals surface area contributed by atoms with Gasteiger partial charge >= 0.3 is 12.0 Å². The van der Waals surface area contributed by atoms with E-state index >= 15 is 0 Å². The molecule has 1 aliphatic heterocycles. The molecule has 3 N–H and O–H groups in total. The standard InChI is InChI=1S/C18H25N3O4/c19-18(24)20-10-5-1-2-8-17(23)25-13-16(22)21-11-9-14-6-3-4-7-15(14)12-21/h3-4,6-7H,1-2,5,8-13H2,(H3,19,20,24). The fourth-order valence-corrected chi connectivity index (χ4v) is 2.80. The van der Waals surface area contributed by atoms with Crippen LogP contribution in [-0.4, -0.2) is 42.5 Å². The van der Waals surface area contributed by atoms with Crippen molar-refractivity contribution in [3.05, 3.63) is 35.4 Å². The Morgan fingerprint density at radius 1 is 1.12 bits per heavy atom. The normalized spacial score (nSPS) is 13.0. The average Bonchev–Trinajstić information content (AvgIpc) is 2.61. The van der Waals surface area contributed by atoms with Crippen LogP contribution in [0.5, 0.6) is 0 Å². The number of primary amides is 1. The molecule has 0 saturated heterocycles. The van der Waals surface area contributed by atoms with Crippen molar-refractivity contribution in [2.24, 2.45) is 5.73 Å². The first-order valence-corrected chi connectivity index (χ1v) is 8.60. The van der Waals surface area contributed by atoms with Gasteiger partial charge in [0.25, 0.3) is 5.91 Å². The van der Waals surface area contributed by atoms with Crippen LogP contribution < -0.4 is 11.1 Å². The van der Waals surface area contributed by atoms with Crippen molar-refractivity contribution in [3.63, 3.8) is 0 Å². The molecule has 1 heterocycles. The molecule has 1 aromatic carbocycles. The molecular weight excluding hydrogens is 322 g/mol. The number of unbranched alkanes of at least 4 members (excludes halogenated alkanes) is 2. The summed E-state index contributed by atoms with van der Waals surface area (Å²) in [5.74, 6) is -0.526. The third-order valence-corrected chi connectivity index (χ3v) is 4.20. The number of hydrogen-bond acceptors (Lipinski definition) is 4. The lowest BCUT2D eigenvalue weighted by atomic mass is 10.00. The first-order valence-electron chi connectivity index (χ1n) is 8.60. The first-order chi connectivity index (χ1) is 12.1. The van der Waals surface area contributed by atoms with Gasteiger partial charge in [0.05, 0.1) is 0 Å². The summed E-state index contributed by atoms with van der Waals surface area (Å²) in [6.45, 7) is 1.52. The number of urea groups is 1. The smallest absolute Gasteiger partial charge is 0.312 e. The second-order valence-electron chi connectivity index (χ2n) is 6.10. The van der Waals surface area contributed by atoms with Crippen LogP contribution in [0, 0.1) is 0 Å². The summed E-state index contributed by atoms with van der Waals surface area (Å²) < 4.78 is 5.07. The summed E-state index contributed by atoms with van der Waals surface area (Å²) in [7, 11) is 0. The van der Waals surface area contributed by atoms with Crippen LogP contribution >= 0.6 is 0 Å². The number of esters is 1. The molecule has 0 aliphatic carbocycles. The Balaban J connectivity index is 1.60. The van der Waals surface area contributed by atoms with E-state index in [0.717, 1.165) is 24.8 Å². The lowest BCUT2D eigenvalue weighted by molar-refractivity contribution is -0.152. The van der Waals surface area contributed by atoms with Crippen molar-refractivity contribution in [3.8, 4) is 0 Å². The van der Waals surface area contributed by atoms with Gasteiger partial charge in [0.15, 0.2) is 6.61 Å². The Kier molecular flexibility index (Phi) is 7.25. The quantitative estimate of drug-likeness (QED) is 0.547. The second kappa shape index (κ2) is 9.66. The fourth-order valence-electron chi connectivity index (χ4n) is 2.80. The highest BCUT2D eigenvalue weighted by Crippen LogP contribution is 2.18. The maximum absolute atomic E-state index is 12.2. The number of nitrogens with two attached hydrogens (primary N) is 1. The average molecular weight is 347 g/mol. The minimum atomic E-state index is -0.543. The highest BCUT2D eigenvalue weighted by Gasteiger charge is 2.21. The number of amides is 3. The van der Waals surface area contributed by atoms with Crippen LogP contribution in [0.25, 0.3) is 0 Å². The fraction of sp³-hybridized carbons (Fsp3) is 0.500. The van der Waals surface area contributed by atoms with E-state index in [9.17, 15) is 14.4 Å². The summed E-state index contributed by atoms with van der Waals surface area (Å²) in [4.78, 5) is 36.1. The molecule has 1 aromatic rings. The lowest BCUT2D eigenvalue weighted by Crippen LogP contribution is -2.38. The van der Waals surface area contributed by atoms with Gasteiger partial charge in [0.1, 0.15) is 0 Å². The summed E-state index contributed by atoms with van der Waals surface area (Å²) in [6, 6.07) is 7.52. The van der Waals surface area contributed by atoms with Gasteiger partial charge in [-0.2, -0.15) is 0 Å². The van der Waals surface area contributed by atoms with E-state index in [1.54, 1.807) is 4.90 Å². The number of fused-ring (bicyclic) bond motifs is 1. The molecule has 0 spiro atoms. The minimum absolute atomic E-state index is 0.159. The largest absolute Gasteiger partial charge is 0.456 e. The number of rotatable bonds is 8. The van der Waals surface area contributed by atoms with E-state index in [0.29, 0.717) is 26.1 Å². The maximum Gasteiger partial charge on any atom is 0.312 e. The molecule has 136 valence electrons. The van der Waals surface area contributed by atoms with Crippen LogP contribution in [0.15, 0.2) is 24.3 Å². The number of nitrogens with zero attached hydrogens (tertiary/aromatic N) is 1.